The number of anilines is 1. The summed E-state index contributed by atoms with van der Waals surface area (Å²) in [4.78, 5) is 2.62. The number of rotatable bonds is 4. The molecule has 0 amide bonds. The molecule has 1 aromatic carbocycles. The van der Waals surface area contributed by atoms with Crippen molar-refractivity contribution < 1.29 is 8.42 Å². The number of piperidine rings is 1. The number of hydrogen-bond acceptors (Lipinski definition) is 4. The summed E-state index contributed by atoms with van der Waals surface area (Å²) in [6, 6.07) is 5.00. The average molecular weight is 297 g/mol. The highest BCUT2D eigenvalue weighted by Gasteiger charge is 2.25. The topological polar surface area (TPSA) is 75.4 Å². The molecule has 1 fully saturated rings. The van der Waals surface area contributed by atoms with Gasteiger partial charge in [0.25, 0.3) is 0 Å². The highest BCUT2D eigenvalue weighted by atomic mass is 32.2. The molecule has 2 rings (SSSR count). The zero-order valence-corrected chi connectivity index (χ0v) is 12.9. The van der Waals surface area contributed by atoms with E-state index in [9.17, 15) is 8.42 Å². The number of benzene rings is 1. The van der Waals surface area contributed by atoms with Gasteiger partial charge in [-0.2, -0.15) is 0 Å². The molecule has 20 heavy (non-hydrogen) atoms. The Balaban J connectivity index is 2.10. The highest BCUT2D eigenvalue weighted by Crippen LogP contribution is 2.20. The smallest absolute Gasteiger partial charge is 0.241 e. The van der Waals surface area contributed by atoms with Gasteiger partial charge in [-0.25, -0.2) is 13.1 Å². The van der Waals surface area contributed by atoms with Gasteiger partial charge in [0.2, 0.25) is 10.0 Å². The summed E-state index contributed by atoms with van der Waals surface area (Å²) in [5, 5.41) is 0. The molecule has 3 N–H and O–H groups in total. The maximum atomic E-state index is 12.4. The molecule has 0 aromatic heterocycles. The summed E-state index contributed by atoms with van der Waals surface area (Å²) >= 11 is 0. The van der Waals surface area contributed by atoms with E-state index in [0.717, 1.165) is 38.0 Å². The Hall–Kier alpha value is -1.11. The van der Waals surface area contributed by atoms with Crippen LogP contribution in [-0.2, 0) is 10.0 Å². The van der Waals surface area contributed by atoms with Gasteiger partial charge in [-0.1, -0.05) is 13.0 Å². The van der Waals surface area contributed by atoms with E-state index in [-0.39, 0.29) is 10.9 Å². The van der Waals surface area contributed by atoms with Crippen LogP contribution in [0.1, 0.15) is 25.3 Å². The largest absolute Gasteiger partial charge is 0.399 e. The molecule has 0 unspecified atom stereocenters. The zero-order valence-electron chi connectivity index (χ0n) is 12.1. The second-order valence-electron chi connectivity index (χ2n) is 5.35. The van der Waals surface area contributed by atoms with Crippen molar-refractivity contribution in [3.05, 3.63) is 23.8 Å². The van der Waals surface area contributed by atoms with Crippen LogP contribution in [0.15, 0.2) is 23.1 Å². The number of hydrogen-bond donors (Lipinski definition) is 2. The van der Waals surface area contributed by atoms with Crippen LogP contribution in [0.3, 0.4) is 0 Å². The lowest BCUT2D eigenvalue weighted by Crippen LogP contribution is -2.44. The quantitative estimate of drug-likeness (QED) is 0.822. The first-order valence-corrected chi connectivity index (χ1v) is 8.51. The lowest BCUT2D eigenvalue weighted by Gasteiger charge is -2.31. The maximum Gasteiger partial charge on any atom is 0.241 e. The molecule has 1 heterocycles. The fourth-order valence-electron chi connectivity index (χ4n) is 2.56. The van der Waals surface area contributed by atoms with Gasteiger partial charge >= 0.3 is 0 Å². The van der Waals surface area contributed by atoms with Gasteiger partial charge in [-0.05, 0) is 57.1 Å². The first kappa shape index (κ1) is 15.3. The SMILES string of the molecule is CCN1CCC(NS(=O)(=O)c2cc(N)ccc2C)CC1. The molecule has 1 aromatic rings. The summed E-state index contributed by atoms with van der Waals surface area (Å²) in [7, 11) is -3.49. The molecular weight excluding hydrogens is 274 g/mol. The van der Waals surface area contributed by atoms with Crippen molar-refractivity contribution in [3.63, 3.8) is 0 Å². The van der Waals surface area contributed by atoms with Crippen LogP contribution >= 0.6 is 0 Å². The van der Waals surface area contributed by atoms with Crippen LogP contribution in [-0.4, -0.2) is 39.0 Å². The predicted octanol–water partition coefficient (Wildman–Crippen LogP) is 1.34. The van der Waals surface area contributed by atoms with Crippen molar-refractivity contribution in [2.45, 2.75) is 37.6 Å². The van der Waals surface area contributed by atoms with Gasteiger partial charge in [0.05, 0.1) is 4.90 Å². The van der Waals surface area contributed by atoms with E-state index in [4.69, 9.17) is 5.73 Å². The number of nitrogens with two attached hydrogens (primary N) is 1. The van der Waals surface area contributed by atoms with Crippen molar-refractivity contribution in [2.24, 2.45) is 0 Å². The molecule has 0 radical (unpaired) electrons. The van der Waals surface area contributed by atoms with Crippen molar-refractivity contribution >= 4 is 15.7 Å². The highest BCUT2D eigenvalue weighted by molar-refractivity contribution is 7.89. The molecule has 1 aliphatic rings. The number of sulfonamides is 1. The number of nitrogens with one attached hydrogen (secondary N) is 1. The first-order chi connectivity index (χ1) is 9.42. The number of nitrogens with zero attached hydrogens (tertiary/aromatic N) is 1. The van der Waals surface area contributed by atoms with E-state index in [2.05, 4.69) is 16.5 Å². The third kappa shape index (κ3) is 3.50. The summed E-state index contributed by atoms with van der Waals surface area (Å²) in [6.07, 6.45) is 1.71. The molecule has 5 nitrogen and oxygen atoms in total. The summed E-state index contributed by atoms with van der Waals surface area (Å²) in [6.45, 7) is 6.82. The van der Waals surface area contributed by atoms with E-state index in [1.54, 1.807) is 19.1 Å². The van der Waals surface area contributed by atoms with Crippen LogP contribution in [0.25, 0.3) is 0 Å². The van der Waals surface area contributed by atoms with E-state index in [1.807, 2.05) is 0 Å². The van der Waals surface area contributed by atoms with E-state index in [0.29, 0.717) is 5.69 Å². The average Bonchev–Trinajstić information content (AvgIpc) is 2.42. The molecule has 0 atom stereocenters. The fourth-order valence-corrected chi connectivity index (χ4v) is 4.14. The van der Waals surface area contributed by atoms with Gasteiger partial charge in [0.1, 0.15) is 0 Å². The van der Waals surface area contributed by atoms with Gasteiger partial charge in [-0.15, -0.1) is 0 Å². The molecule has 0 spiro atoms. The molecule has 112 valence electrons. The van der Waals surface area contributed by atoms with Gasteiger partial charge in [0.15, 0.2) is 0 Å². The van der Waals surface area contributed by atoms with Crippen molar-refractivity contribution in [2.75, 3.05) is 25.4 Å². The third-order valence-corrected chi connectivity index (χ3v) is 5.52. The van der Waals surface area contributed by atoms with Crippen LogP contribution in [0.2, 0.25) is 0 Å². The van der Waals surface area contributed by atoms with Crippen LogP contribution < -0.4 is 10.5 Å². The maximum absolute atomic E-state index is 12.4. The van der Waals surface area contributed by atoms with Gasteiger partial charge < -0.3 is 10.6 Å². The molecule has 6 heteroatoms. The minimum Gasteiger partial charge on any atom is -0.399 e. The number of likely N-dealkylation sites (tertiary alicyclic amines) is 1. The second kappa shape index (κ2) is 6.11. The molecule has 1 saturated heterocycles. The standard InChI is InChI=1S/C14H23N3O2S/c1-3-17-8-6-13(7-9-17)16-20(18,19)14-10-12(15)5-4-11(14)2/h4-5,10,13,16H,3,6-9,15H2,1-2H3. The second-order valence-corrected chi connectivity index (χ2v) is 7.04. The number of aryl methyl sites for hydroxylation is 1. The Kier molecular flexibility index (Phi) is 4.67. The van der Waals surface area contributed by atoms with Crippen molar-refractivity contribution in [1.82, 2.24) is 9.62 Å². The minimum atomic E-state index is -3.49. The minimum absolute atomic E-state index is 0.0173. The first-order valence-electron chi connectivity index (χ1n) is 7.03. The Morgan fingerprint density at radius 3 is 2.60 bits per heavy atom. The van der Waals surface area contributed by atoms with Gasteiger partial charge in [0, 0.05) is 11.7 Å². The Labute approximate surface area is 121 Å². The van der Waals surface area contributed by atoms with E-state index >= 15 is 0 Å². The van der Waals surface area contributed by atoms with E-state index in [1.165, 1.54) is 6.07 Å². The van der Waals surface area contributed by atoms with Crippen LogP contribution in [0, 0.1) is 6.92 Å². The Morgan fingerprint density at radius 2 is 2.00 bits per heavy atom. The Bertz CT molecular complexity index is 564. The summed E-state index contributed by atoms with van der Waals surface area (Å²) in [5.74, 6) is 0. The number of nitrogen functional groups attached to an aromatic ring is 1. The normalized spacial score (nSPS) is 18.3. The summed E-state index contributed by atoms with van der Waals surface area (Å²) in [5.41, 5.74) is 6.88. The molecule has 0 saturated carbocycles. The lowest BCUT2D eigenvalue weighted by atomic mass is 10.1. The molecular formula is C14H23N3O2S. The Morgan fingerprint density at radius 1 is 1.35 bits per heavy atom. The van der Waals surface area contributed by atoms with Crippen LogP contribution in [0.4, 0.5) is 5.69 Å². The molecule has 0 bridgehead atoms. The molecule has 0 aliphatic carbocycles. The third-order valence-electron chi connectivity index (χ3n) is 3.86. The monoisotopic (exact) mass is 297 g/mol. The zero-order chi connectivity index (χ0) is 14.8. The van der Waals surface area contributed by atoms with Crippen LogP contribution in [0.5, 0.6) is 0 Å². The fraction of sp³-hybridized carbons (Fsp3) is 0.571. The molecule has 1 aliphatic heterocycles. The van der Waals surface area contributed by atoms with Gasteiger partial charge in [-0.3, -0.25) is 0 Å². The lowest BCUT2D eigenvalue weighted by molar-refractivity contribution is 0.217. The van der Waals surface area contributed by atoms with Crippen molar-refractivity contribution in [3.8, 4) is 0 Å². The van der Waals surface area contributed by atoms with E-state index < -0.39 is 10.0 Å². The van der Waals surface area contributed by atoms with Crippen molar-refractivity contribution in [1.29, 1.82) is 0 Å². The predicted molar refractivity (Wildman–Crippen MR) is 81.0 cm³/mol. The summed E-state index contributed by atoms with van der Waals surface area (Å²) < 4.78 is 27.7.